The van der Waals surface area contributed by atoms with Gasteiger partial charge < -0.3 is 4.90 Å². The minimum Gasteiger partial charge on any atom is -0.337 e. The van der Waals surface area contributed by atoms with Crippen LogP contribution < -0.4 is 0 Å². The Hall–Kier alpha value is -2.34. The van der Waals surface area contributed by atoms with Crippen LogP contribution in [-0.2, 0) is 6.54 Å². The number of hydrogen-bond donors (Lipinski definition) is 0. The molecule has 2 heterocycles. The van der Waals surface area contributed by atoms with E-state index in [0.29, 0.717) is 16.4 Å². The second-order valence-corrected chi connectivity index (χ2v) is 7.93. The minimum absolute atomic E-state index is 0.110. The van der Waals surface area contributed by atoms with E-state index in [2.05, 4.69) is 4.98 Å². The molecule has 0 bridgehead atoms. The smallest absolute Gasteiger partial charge is 0.264 e. The van der Waals surface area contributed by atoms with Gasteiger partial charge in [0.05, 0.1) is 10.6 Å². The van der Waals surface area contributed by atoms with Gasteiger partial charge in [0.15, 0.2) is 0 Å². The third-order valence-corrected chi connectivity index (χ3v) is 6.01. The molecule has 1 aliphatic carbocycles. The molecule has 0 radical (unpaired) electrons. The lowest BCUT2D eigenvalue weighted by Crippen LogP contribution is -2.26. The first kappa shape index (κ1) is 17.1. The van der Waals surface area contributed by atoms with Gasteiger partial charge in [-0.3, -0.25) is 4.79 Å². The molecule has 6 heteroatoms. The Balaban J connectivity index is 1.67. The van der Waals surface area contributed by atoms with Crippen LogP contribution in [0.1, 0.15) is 51.1 Å². The van der Waals surface area contributed by atoms with Crippen LogP contribution in [0.3, 0.4) is 0 Å². The summed E-state index contributed by atoms with van der Waals surface area (Å²) in [4.78, 5) is 25.4. The van der Waals surface area contributed by atoms with E-state index < -0.39 is 0 Å². The largest absolute Gasteiger partial charge is 0.337 e. The van der Waals surface area contributed by atoms with Crippen molar-refractivity contribution >= 4 is 27.5 Å². The van der Waals surface area contributed by atoms with E-state index in [4.69, 9.17) is 4.98 Å². The zero-order valence-electron chi connectivity index (χ0n) is 15.0. The fourth-order valence-corrected chi connectivity index (χ4v) is 4.45. The molecule has 1 aromatic carbocycles. The number of aryl methyl sites for hydroxylation is 2. The number of rotatable bonds is 4. The first-order chi connectivity index (χ1) is 12.5. The predicted molar refractivity (Wildman–Crippen MR) is 101 cm³/mol. The van der Waals surface area contributed by atoms with Crippen molar-refractivity contribution in [3.05, 3.63) is 57.6 Å². The van der Waals surface area contributed by atoms with Gasteiger partial charge in [0, 0.05) is 30.5 Å². The van der Waals surface area contributed by atoms with Crippen molar-refractivity contribution in [2.24, 2.45) is 0 Å². The van der Waals surface area contributed by atoms with Gasteiger partial charge in [-0.2, -0.15) is 0 Å². The van der Waals surface area contributed by atoms with Crippen LogP contribution in [0.2, 0.25) is 0 Å². The van der Waals surface area contributed by atoms with Crippen molar-refractivity contribution in [1.29, 1.82) is 0 Å². The highest BCUT2D eigenvalue weighted by atomic mass is 32.1. The highest BCUT2D eigenvalue weighted by molar-refractivity contribution is 7.20. The second-order valence-electron chi connectivity index (χ2n) is 6.93. The van der Waals surface area contributed by atoms with Crippen molar-refractivity contribution in [2.45, 2.75) is 39.2 Å². The van der Waals surface area contributed by atoms with E-state index in [-0.39, 0.29) is 18.3 Å². The number of carbonyl (C=O) groups excluding carboxylic acids is 1. The molecule has 134 valence electrons. The fraction of sp³-hybridized carbons (Fsp3) is 0.350. The molecule has 0 aliphatic heterocycles. The molecule has 4 rings (SSSR count). The number of carbonyl (C=O) groups is 1. The maximum Gasteiger partial charge on any atom is 0.264 e. The number of benzene rings is 1. The van der Waals surface area contributed by atoms with Gasteiger partial charge in [-0.15, -0.1) is 11.3 Å². The number of halogens is 1. The van der Waals surface area contributed by atoms with Gasteiger partial charge in [0.1, 0.15) is 16.5 Å². The lowest BCUT2D eigenvalue weighted by molar-refractivity contribution is 0.0788. The molecule has 1 aliphatic rings. The summed E-state index contributed by atoms with van der Waals surface area (Å²) in [5.74, 6) is 0.968. The molecule has 0 spiro atoms. The highest BCUT2D eigenvalue weighted by Gasteiger charge is 2.29. The summed E-state index contributed by atoms with van der Waals surface area (Å²) >= 11 is 1.41. The Kier molecular flexibility index (Phi) is 4.23. The first-order valence-corrected chi connectivity index (χ1v) is 9.54. The van der Waals surface area contributed by atoms with Crippen molar-refractivity contribution in [2.75, 3.05) is 7.05 Å². The van der Waals surface area contributed by atoms with Crippen LogP contribution in [0.4, 0.5) is 4.39 Å². The molecular formula is C20H20FN3OS. The van der Waals surface area contributed by atoms with Gasteiger partial charge in [0.2, 0.25) is 0 Å². The lowest BCUT2D eigenvalue weighted by Gasteiger charge is -2.17. The third kappa shape index (κ3) is 2.98. The summed E-state index contributed by atoms with van der Waals surface area (Å²) in [5, 5.41) is 0.974. The molecule has 2 aromatic heterocycles. The number of hydrogen-bond acceptors (Lipinski definition) is 4. The van der Waals surface area contributed by atoms with Gasteiger partial charge in [0.25, 0.3) is 5.91 Å². The summed E-state index contributed by atoms with van der Waals surface area (Å²) in [5.41, 5.74) is 2.35. The lowest BCUT2D eigenvalue weighted by atomic mass is 10.1. The number of aromatic nitrogens is 2. The van der Waals surface area contributed by atoms with Gasteiger partial charge in [-0.25, -0.2) is 14.4 Å². The molecule has 0 N–H and O–H groups in total. The molecule has 26 heavy (non-hydrogen) atoms. The Bertz CT molecular complexity index is 1010. The summed E-state index contributed by atoms with van der Waals surface area (Å²) in [7, 11) is 1.70. The zero-order valence-corrected chi connectivity index (χ0v) is 15.9. The average molecular weight is 369 g/mol. The molecule has 0 saturated heterocycles. The molecule has 0 unspecified atom stereocenters. The zero-order chi connectivity index (χ0) is 18.4. The molecular weight excluding hydrogens is 349 g/mol. The molecule has 1 amide bonds. The van der Waals surface area contributed by atoms with E-state index in [0.717, 1.165) is 40.1 Å². The maximum absolute atomic E-state index is 13.9. The van der Waals surface area contributed by atoms with Crippen LogP contribution in [0.25, 0.3) is 10.2 Å². The van der Waals surface area contributed by atoms with Gasteiger partial charge in [-0.05, 0) is 38.3 Å². The van der Waals surface area contributed by atoms with Crippen molar-refractivity contribution in [1.82, 2.24) is 14.9 Å². The average Bonchev–Trinajstić information content (AvgIpc) is 3.40. The normalized spacial score (nSPS) is 14.0. The third-order valence-electron chi connectivity index (χ3n) is 4.84. The van der Waals surface area contributed by atoms with E-state index in [1.165, 1.54) is 17.4 Å². The Morgan fingerprint density at radius 1 is 1.27 bits per heavy atom. The number of fused-ring (bicyclic) bond motifs is 1. The van der Waals surface area contributed by atoms with Crippen LogP contribution in [-0.4, -0.2) is 27.8 Å². The van der Waals surface area contributed by atoms with Crippen LogP contribution in [0.15, 0.2) is 24.3 Å². The molecule has 3 aromatic rings. The SMILES string of the molecule is Cc1nc(C2CC2)nc2sc(C(=O)N(C)Cc3ccccc3F)c(C)c12. The first-order valence-electron chi connectivity index (χ1n) is 8.72. The molecule has 0 atom stereocenters. The summed E-state index contributed by atoms with van der Waals surface area (Å²) in [6.07, 6.45) is 2.29. The number of amides is 1. The Morgan fingerprint density at radius 2 is 2.00 bits per heavy atom. The summed E-state index contributed by atoms with van der Waals surface area (Å²) in [6.45, 7) is 4.15. The van der Waals surface area contributed by atoms with E-state index in [9.17, 15) is 9.18 Å². The highest BCUT2D eigenvalue weighted by Crippen LogP contribution is 2.40. The predicted octanol–water partition coefficient (Wildman–Crippen LogP) is 4.60. The Labute approximate surface area is 155 Å². The monoisotopic (exact) mass is 369 g/mol. The van der Waals surface area contributed by atoms with E-state index in [1.807, 2.05) is 13.8 Å². The fourth-order valence-electron chi connectivity index (χ4n) is 3.22. The summed E-state index contributed by atoms with van der Waals surface area (Å²) < 4.78 is 13.9. The van der Waals surface area contributed by atoms with Gasteiger partial charge in [-0.1, -0.05) is 18.2 Å². The van der Waals surface area contributed by atoms with Crippen LogP contribution in [0, 0.1) is 19.7 Å². The molecule has 4 nitrogen and oxygen atoms in total. The Morgan fingerprint density at radius 3 is 2.69 bits per heavy atom. The number of nitrogens with zero attached hydrogens (tertiary/aromatic N) is 3. The van der Waals surface area contributed by atoms with Crippen molar-refractivity contribution in [3.8, 4) is 0 Å². The number of thiophene rings is 1. The topological polar surface area (TPSA) is 46.1 Å². The second kappa shape index (κ2) is 6.43. The standard InChI is InChI=1S/C20H20FN3OS/c1-11-16-12(2)22-18(13-8-9-13)23-19(16)26-17(11)20(25)24(3)10-14-6-4-5-7-15(14)21/h4-7,13H,8-10H2,1-3H3. The van der Waals surface area contributed by atoms with Crippen LogP contribution >= 0.6 is 11.3 Å². The summed E-state index contributed by atoms with van der Waals surface area (Å²) in [6, 6.07) is 6.54. The van der Waals surface area contributed by atoms with E-state index in [1.54, 1.807) is 30.1 Å². The molecule has 1 saturated carbocycles. The molecule has 1 fully saturated rings. The van der Waals surface area contributed by atoms with E-state index >= 15 is 0 Å². The van der Waals surface area contributed by atoms with Crippen molar-refractivity contribution < 1.29 is 9.18 Å². The van der Waals surface area contributed by atoms with Crippen molar-refractivity contribution in [3.63, 3.8) is 0 Å². The van der Waals surface area contributed by atoms with Gasteiger partial charge >= 0.3 is 0 Å². The minimum atomic E-state index is -0.295. The maximum atomic E-state index is 13.9. The quantitative estimate of drug-likeness (QED) is 0.675. The van der Waals surface area contributed by atoms with Crippen LogP contribution in [0.5, 0.6) is 0 Å².